The molecule has 4 heteroatoms. The lowest BCUT2D eigenvalue weighted by Gasteiger charge is -2.26. The topological polar surface area (TPSA) is 72.3 Å². The summed E-state index contributed by atoms with van der Waals surface area (Å²) in [7, 11) is 3.58. The molecule has 0 amide bonds. The third-order valence-electron chi connectivity index (χ3n) is 2.44. The van der Waals surface area contributed by atoms with Crippen molar-refractivity contribution >= 4 is 6.29 Å². The van der Waals surface area contributed by atoms with E-state index in [4.69, 9.17) is 5.73 Å². The van der Waals surface area contributed by atoms with Crippen LogP contribution in [0, 0.1) is 0 Å². The zero-order valence-electron chi connectivity index (χ0n) is 10.6. The second-order valence-electron chi connectivity index (χ2n) is 4.01. The van der Waals surface area contributed by atoms with Crippen LogP contribution in [-0.2, 0) is 4.79 Å². The van der Waals surface area contributed by atoms with Gasteiger partial charge in [0.2, 0.25) is 0 Å². The van der Waals surface area contributed by atoms with E-state index in [0.717, 1.165) is 32.2 Å². The highest BCUT2D eigenvalue weighted by molar-refractivity contribution is 5.49. The molecule has 0 spiro atoms. The van der Waals surface area contributed by atoms with Gasteiger partial charge in [0.05, 0.1) is 0 Å². The third kappa shape index (κ3) is 11.5. The van der Waals surface area contributed by atoms with Crippen molar-refractivity contribution in [3.8, 4) is 0 Å². The van der Waals surface area contributed by atoms with Crippen molar-refractivity contribution in [2.45, 2.75) is 38.6 Å². The Hall–Kier alpha value is -0.450. The highest BCUT2D eigenvalue weighted by Crippen LogP contribution is 2.12. The third-order valence-corrected chi connectivity index (χ3v) is 2.44. The van der Waals surface area contributed by atoms with Crippen molar-refractivity contribution in [1.29, 1.82) is 0 Å². The molecular weight excluding hydrogens is 190 g/mol. The summed E-state index contributed by atoms with van der Waals surface area (Å²) in [4.78, 5) is 12.4. The van der Waals surface area contributed by atoms with Crippen LogP contribution < -0.4 is 11.5 Å². The van der Waals surface area contributed by atoms with E-state index in [2.05, 4.69) is 24.6 Å². The maximum atomic E-state index is 10.2. The molecule has 1 atom stereocenters. The van der Waals surface area contributed by atoms with Crippen LogP contribution in [0.4, 0.5) is 0 Å². The summed E-state index contributed by atoms with van der Waals surface area (Å²) >= 11 is 0. The largest absolute Gasteiger partial charge is 0.333 e. The number of rotatable bonds is 7. The normalized spacial score (nSPS) is 14.1. The number of hydrogen-bond acceptors (Lipinski definition) is 4. The Morgan fingerprint density at radius 1 is 1.33 bits per heavy atom. The van der Waals surface area contributed by atoms with Gasteiger partial charge >= 0.3 is 0 Å². The predicted molar refractivity (Wildman–Crippen MR) is 65.8 cm³/mol. The molecule has 92 valence electrons. The van der Waals surface area contributed by atoms with E-state index in [1.54, 1.807) is 0 Å². The highest BCUT2D eigenvalue weighted by atomic mass is 16.1. The Bertz CT molecular complexity index is 149. The SMILES string of the molecule is CCN(C)CCC(C)(N)CCC=O.CN. The predicted octanol–water partition coefficient (Wildman–Crippen LogP) is 0.600. The second-order valence-corrected chi connectivity index (χ2v) is 4.01. The van der Waals surface area contributed by atoms with Crippen LogP contribution in [0.2, 0.25) is 0 Å². The number of aldehydes is 1. The van der Waals surface area contributed by atoms with Crippen molar-refractivity contribution in [1.82, 2.24) is 4.90 Å². The molecule has 0 rings (SSSR count). The minimum Gasteiger partial charge on any atom is -0.333 e. The van der Waals surface area contributed by atoms with E-state index in [1.807, 2.05) is 6.92 Å². The molecule has 0 saturated heterocycles. The maximum Gasteiger partial charge on any atom is 0.120 e. The zero-order chi connectivity index (χ0) is 12.3. The van der Waals surface area contributed by atoms with Crippen LogP contribution in [0.1, 0.15) is 33.1 Å². The first-order valence-corrected chi connectivity index (χ1v) is 5.50. The van der Waals surface area contributed by atoms with E-state index in [9.17, 15) is 4.79 Å². The molecule has 4 N–H and O–H groups in total. The summed E-state index contributed by atoms with van der Waals surface area (Å²) in [5.74, 6) is 0. The number of hydrogen-bond donors (Lipinski definition) is 2. The molecule has 0 aliphatic carbocycles. The smallest absolute Gasteiger partial charge is 0.120 e. The Morgan fingerprint density at radius 3 is 2.27 bits per heavy atom. The quantitative estimate of drug-likeness (QED) is 0.613. The fourth-order valence-corrected chi connectivity index (χ4v) is 1.12. The summed E-state index contributed by atoms with van der Waals surface area (Å²) in [5.41, 5.74) is 10.3. The van der Waals surface area contributed by atoms with Gasteiger partial charge in [-0.15, -0.1) is 0 Å². The first-order chi connectivity index (χ1) is 7.02. The Labute approximate surface area is 94.0 Å². The first-order valence-electron chi connectivity index (χ1n) is 5.50. The summed E-state index contributed by atoms with van der Waals surface area (Å²) in [6.07, 6.45) is 3.25. The first kappa shape index (κ1) is 17.0. The lowest BCUT2D eigenvalue weighted by molar-refractivity contribution is -0.108. The Kier molecular flexibility index (Phi) is 11.4. The molecule has 15 heavy (non-hydrogen) atoms. The summed E-state index contributed by atoms with van der Waals surface area (Å²) < 4.78 is 0. The van der Waals surface area contributed by atoms with Crippen molar-refractivity contribution in [3.63, 3.8) is 0 Å². The molecule has 0 heterocycles. The van der Waals surface area contributed by atoms with Crippen LogP contribution in [0.5, 0.6) is 0 Å². The fraction of sp³-hybridized carbons (Fsp3) is 0.909. The molecule has 0 aromatic rings. The van der Waals surface area contributed by atoms with E-state index >= 15 is 0 Å². The second kappa shape index (κ2) is 10.1. The molecule has 0 aliphatic rings. The number of carbonyl (C=O) groups excluding carboxylic acids is 1. The van der Waals surface area contributed by atoms with Gasteiger partial charge in [0.1, 0.15) is 6.29 Å². The molecule has 1 unspecified atom stereocenters. The van der Waals surface area contributed by atoms with E-state index < -0.39 is 0 Å². The number of nitrogens with two attached hydrogens (primary N) is 2. The van der Waals surface area contributed by atoms with Crippen LogP contribution in [-0.4, -0.2) is 43.9 Å². The Balaban J connectivity index is 0. The molecule has 4 nitrogen and oxygen atoms in total. The van der Waals surface area contributed by atoms with Gasteiger partial charge in [-0.05, 0) is 47.0 Å². The molecule has 0 fully saturated rings. The van der Waals surface area contributed by atoms with Crippen LogP contribution >= 0.6 is 0 Å². The summed E-state index contributed by atoms with van der Waals surface area (Å²) in [6, 6.07) is 0. The molecule has 0 aromatic carbocycles. The van der Waals surface area contributed by atoms with Crippen LogP contribution in [0.3, 0.4) is 0 Å². The lowest BCUT2D eigenvalue weighted by Crippen LogP contribution is -2.39. The lowest BCUT2D eigenvalue weighted by atomic mass is 9.93. The molecule has 0 aliphatic heterocycles. The number of carbonyl (C=O) groups is 1. The van der Waals surface area contributed by atoms with Gasteiger partial charge < -0.3 is 21.2 Å². The van der Waals surface area contributed by atoms with E-state index in [-0.39, 0.29) is 5.54 Å². The van der Waals surface area contributed by atoms with Gasteiger partial charge in [0.25, 0.3) is 0 Å². The minimum absolute atomic E-state index is 0.190. The molecular formula is C11H27N3O. The average Bonchev–Trinajstić information content (AvgIpc) is 2.26. The zero-order valence-corrected chi connectivity index (χ0v) is 10.6. The number of nitrogens with zero attached hydrogens (tertiary/aromatic N) is 1. The van der Waals surface area contributed by atoms with Crippen LogP contribution in [0.25, 0.3) is 0 Å². The van der Waals surface area contributed by atoms with Gasteiger partial charge in [0, 0.05) is 12.0 Å². The van der Waals surface area contributed by atoms with Gasteiger partial charge in [0.15, 0.2) is 0 Å². The summed E-state index contributed by atoms with van der Waals surface area (Å²) in [6.45, 7) is 6.19. The maximum absolute atomic E-state index is 10.2. The van der Waals surface area contributed by atoms with Gasteiger partial charge in [-0.2, -0.15) is 0 Å². The van der Waals surface area contributed by atoms with Crippen molar-refractivity contribution in [3.05, 3.63) is 0 Å². The van der Waals surface area contributed by atoms with Crippen molar-refractivity contribution in [2.24, 2.45) is 11.5 Å². The molecule has 0 radical (unpaired) electrons. The standard InChI is InChI=1S/C10H22N2O.CH5N/c1-4-12(3)8-7-10(2,11)6-5-9-13;1-2/h9H,4-8,11H2,1-3H3;2H2,1H3. The van der Waals surface area contributed by atoms with Crippen molar-refractivity contribution < 1.29 is 4.79 Å². The molecule has 0 saturated carbocycles. The Morgan fingerprint density at radius 2 is 1.87 bits per heavy atom. The van der Waals surface area contributed by atoms with Crippen molar-refractivity contribution in [2.75, 3.05) is 27.2 Å². The van der Waals surface area contributed by atoms with Gasteiger partial charge in [-0.25, -0.2) is 0 Å². The average molecular weight is 217 g/mol. The van der Waals surface area contributed by atoms with Crippen LogP contribution in [0.15, 0.2) is 0 Å². The van der Waals surface area contributed by atoms with E-state index in [1.165, 1.54) is 7.05 Å². The monoisotopic (exact) mass is 217 g/mol. The van der Waals surface area contributed by atoms with E-state index in [0.29, 0.717) is 6.42 Å². The fourth-order valence-electron chi connectivity index (χ4n) is 1.12. The minimum atomic E-state index is -0.190. The molecule has 0 bridgehead atoms. The molecule has 0 aromatic heterocycles. The van der Waals surface area contributed by atoms with Gasteiger partial charge in [-0.3, -0.25) is 0 Å². The summed E-state index contributed by atoms with van der Waals surface area (Å²) in [5, 5.41) is 0. The van der Waals surface area contributed by atoms with Gasteiger partial charge in [-0.1, -0.05) is 6.92 Å². The highest BCUT2D eigenvalue weighted by Gasteiger charge is 2.17.